The van der Waals surface area contributed by atoms with Crippen molar-refractivity contribution in [2.24, 2.45) is 0 Å². The number of ether oxygens (including phenoxy) is 2. The SMILES string of the molecule is COc1ccc(-c2cc(C(F)(F)F)n3ncc(C(=O)Nc4ccc(C(C)C)cc4)c3n2)cc1OC. The summed E-state index contributed by atoms with van der Waals surface area (Å²) < 4.78 is 52.8. The summed E-state index contributed by atoms with van der Waals surface area (Å²) in [5.74, 6) is 0.444. The molecule has 4 aromatic rings. The van der Waals surface area contributed by atoms with Crippen molar-refractivity contribution >= 4 is 17.2 Å². The Morgan fingerprint density at radius 1 is 1.00 bits per heavy atom. The van der Waals surface area contributed by atoms with Gasteiger partial charge in [0.25, 0.3) is 5.91 Å². The van der Waals surface area contributed by atoms with Gasteiger partial charge in [0.1, 0.15) is 5.56 Å². The topological polar surface area (TPSA) is 77.8 Å². The molecule has 0 saturated carbocycles. The molecule has 0 aliphatic carbocycles. The second-order valence-electron chi connectivity index (χ2n) is 8.12. The van der Waals surface area contributed by atoms with Gasteiger partial charge >= 0.3 is 6.18 Å². The van der Waals surface area contributed by atoms with Crippen LogP contribution in [0.4, 0.5) is 18.9 Å². The number of fused-ring (bicyclic) bond motifs is 1. The van der Waals surface area contributed by atoms with Gasteiger partial charge in [-0.05, 0) is 47.9 Å². The van der Waals surface area contributed by atoms with Gasteiger partial charge in [-0.15, -0.1) is 0 Å². The summed E-state index contributed by atoms with van der Waals surface area (Å²) in [6.45, 7) is 4.10. The summed E-state index contributed by atoms with van der Waals surface area (Å²) in [7, 11) is 2.88. The molecule has 7 nitrogen and oxygen atoms in total. The van der Waals surface area contributed by atoms with Crippen LogP contribution in [0.2, 0.25) is 0 Å². The quantitative estimate of drug-likeness (QED) is 0.374. The van der Waals surface area contributed by atoms with Crippen LogP contribution in [-0.2, 0) is 6.18 Å². The molecular weight excluding hydrogens is 461 g/mol. The number of halogens is 3. The van der Waals surface area contributed by atoms with Crippen molar-refractivity contribution in [3.05, 3.63) is 71.5 Å². The van der Waals surface area contributed by atoms with E-state index in [2.05, 4.69) is 15.4 Å². The van der Waals surface area contributed by atoms with Gasteiger partial charge in [-0.1, -0.05) is 26.0 Å². The molecule has 1 N–H and O–H groups in total. The summed E-state index contributed by atoms with van der Waals surface area (Å²) in [4.78, 5) is 17.3. The predicted octanol–water partition coefficient (Wildman–Crippen LogP) is 5.81. The molecule has 2 aromatic heterocycles. The number of rotatable bonds is 6. The number of hydrogen-bond acceptors (Lipinski definition) is 5. The third-order valence-corrected chi connectivity index (χ3v) is 5.52. The minimum atomic E-state index is -4.74. The van der Waals surface area contributed by atoms with Crippen LogP contribution in [0.3, 0.4) is 0 Å². The minimum absolute atomic E-state index is 0.00149. The second kappa shape index (κ2) is 9.28. The van der Waals surface area contributed by atoms with Crippen LogP contribution in [-0.4, -0.2) is 34.7 Å². The number of aromatic nitrogens is 3. The van der Waals surface area contributed by atoms with Gasteiger partial charge in [0.05, 0.1) is 26.1 Å². The Labute approximate surface area is 199 Å². The third-order valence-electron chi connectivity index (χ3n) is 5.52. The number of benzene rings is 2. The summed E-state index contributed by atoms with van der Waals surface area (Å²) in [6, 6.07) is 12.8. The number of methoxy groups -OCH3 is 2. The van der Waals surface area contributed by atoms with Crippen LogP contribution in [0, 0.1) is 0 Å². The van der Waals surface area contributed by atoms with Crippen LogP contribution >= 0.6 is 0 Å². The van der Waals surface area contributed by atoms with Crippen molar-refractivity contribution in [1.29, 1.82) is 0 Å². The van der Waals surface area contributed by atoms with E-state index < -0.39 is 17.8 Å². The molecule has 0 aliphatic heterocycles. The van der Waals surface area contributed by atoms with Gasteiger partial charge in [0.15, 0.2) is 22.8 Å². The number of anilines is 1. The highest BCUT2D eigenvalue weighted by Gasteiger charge is 2.36. The average Bonchev–Trinajstić information content (AvgIpc) is 3.26. The first-order chi connectivity index (χ1) is 16.6. The van der Waals surface area contributed by atoms with Crippen LogP contribution < -0.4 is 14.8 Å². The first-order valence-corrected chi connectivity index (χ1v) is 10.7. The highest BCUT2D eigenvalue weighted by Crippen LogP contribution is 2.36. The van der Waals surface area contributed by atoms with E-state index in [1.165, 1.54) is 20.3 Å². The summed E-state index contributed by atoms with van der Waals surface area (Å²) >= 11 is 0. The molecule has 0 atom stereocenters. The first kappa shape index (κ1) is 24.1. The molecular formula is C25H23F3N4O3. The van der Waals surface area contributed by atoms with E-state index in [-0.39, 0.29) is 16.9 Å². The second-order valence-corrected chi connectivity index (χ2v) is 8.12. The van der Waals surface area contributed by atoms with Gasteiger partial charge in [-0.3, -0.25) is 4.79 Å². The lowest BCUT2D eigenvalue weighted by Gasteiger charge is -2.13. The standard InChI is InChI=1S/C25H23F3N4O3/c1-14(2)15-5-8-17(9-6-15)30-24(33)18-13-29-32-22(25(26,27)28)12-19(31-23(18)32)16-7-10-20(34-3)21(11-16)35-4/h5-14H,1-4H3,(H,30,33). The van der Waals surface area contributed by atoms with Gasteiger partial charge in [0, 0.05) is 11.3 Å². The van der Waals surface area contributed by atoms with Crippen molar-refractivity contribution in [3.63, 3.8) is 0 Å². The Hall–Kier alpha value is -4.08. The highest BCUT2D eigenvalue weighted by molar-refractivity contribution is 6.08. The largest absolute Gasteiger partial charge is 0.493 e. The van der Waals surface area contributed by atoms with Crippen molar-refractivity contribution < 1.29 is 27.4 Å². The summed E-state index contributed by atoms with van der Waals surface area (Å²) in [6.07, 6.45) is -3.66. The number of hydrogen-bond donors (Lipinski definition) is 1. The van der Waals surface area contributed by atoms with E-state index >= 15 is 0 Å². The van der Waals surface area contributed by atoms with Gasteiger partial charge in [0.2, 0.25) is 0 Å². The fourth-order valence-electron chi connectivity index (χ4n) is 3.62. The minimum Gasteiger partial charge on any atom is -0.493 e. The fourth-order valence-corrected chi connectivity index (χ4v) is 3.62. The lowest BCUT2D eigenvalue weighted by atomic mass is 10.0. The number of carbonyl (C=O) groups is 1. The number of nitrogens with zero attached hydrogens (tertiary/aromatic N) is 3. The Morgan fingerprint density at radius 2 is 1.69 bits per heavy atom. The predicted molar refractivity (Wildman–Crippen MR) is 125 cm³/mol. The van der Waals surface area contributed by atoms with Crippen molar-refractivity contribution in [2.45, 2.75) is 25.9 Å². The Kier molecular flexibility index (Phi) is 6.38. The molecule has 4 rings (SSSR count). The highest BCUT2D eigenvalue weighted by atomic mass is 19.4. The third kappa shape index (κ3) is 4.77. The monoisotopic (exact) mass is 484 g/mol. The molecule has 2 aromatic carbocycles. The summed E-state index contributed by atoms with van der Waals surface area (Å²) in [5, 5.41) is 6.51. The molecule has 182 valence electrons. The van der Waals surface area contributed by atoms with Crippen LogP contribution in [0.25, 0.3) is 16.9 Å². The molecule has 2 heterocycles. The summed E-state index contributed by atoms with van der Waals surface area (Å²) in [5.41, 5.74) is 0.578. The molecule has 10 heteroatoms. The lowest BCUT2D eigenvalue weighted by Crippen LogP contribution is -2.16. The first-order valence-electron chi connectivity index (χ1n) is 10.7. The molecule has 35 heavy (non-hydrogen) atoms. The number of nitrogens with one attached hydrogen (secondary N) is 1. The fraction of sp³-hybridized carbons (Fsp3) is 0.240. The molecule has 0 aliphatic rings. The Balaban J connectivity index is 1.79. The Bertz CT molecular complexity index is 1380. The van der Waals surface area contributed by atoms with Crippen LogP contribution in [0.5, 0.6) is 11.5 Å². The van der Waals surface area contributed by atoms with Crippen molar-refractivity contribution in [2.75, 3.05) is 19.5 Å². The molecule has 0 fully saturated rings. The molecule has 0 unspecified atom stereocenters. The van der Waals surface area contributed by atoms with E-state index in [9.17, 15) is 18.0 Å². The van der Waals surface area contributed by atoms with Gasteiger partial charge in [-0.2, -0.15) is 18.3 Å². The van der Waals surface area contributed by atoms with Crippen LogP contribution in [0.1, 0.15) is 41.4 Å². The maximum atomic E-state index is 13.9. The van der Waals surface area contributed by atoms with Gasteiger partial charge < -0.3 is 14.8 Å². The molecule has 0 spiro atoms. The van der Waals surface area contributed by atoms with E-state index in [1.807, 2.05) is 26.0 Å². The number of amides is 1. The van der Waals surface area contributed by atoms with E-state index in [1.54, 1.807) is 24.3 Å². The number of carbonyl (C=O) groups excluding carboxylic acids is 1. The maximum Gasteiger partial charge on any atom is 0.433 e. The van der Waals surface area contributed by atoms with E-state index in [0.29, 0.717) is 33.2 Å². The smallest absolute Gasteiger partial charge is 0.433 e. The van der Waals surface area contributed by atoms with Crippen molar-refractivity contribution in [1.82, 2.24) is 14.6 Å². The molecule has 1 amide bonds. The maximum absolute atomic E-state index is 13.9. The van der Waals surface area contributed by atoms with E-state index in [0.717, 1.165) is 17.8 Å². The van der Waals surface area contributed by atoms with E-state index in [4.69, 9.17) is 9.47 Å². The van der Waals surface area contributed by atoms with Gasteiger partial charge in [-0.25, -0.2) is 9.50 Å². The van der Waals surface area contributed by atoms with Crippen LogP contribution in [0.15, 0.2) is 54.7 Å². The van der Waals surface area contributed by atoms with Crippen molar-refractivity contribution in [3.8, 4) is 22.8 Å². The Morgan fingerprint density at radius 3 is 2.29 bits per heavy atom. The average molecular weight is 484 g/mol. The molecule has 0 bridgehead atoms. The molecule has 0 saturated heterocycles. The lowest BCUT2D eigenvalue weighted by molar-refractivity contribution is -0.142. The zero-order chi connectivity index (χ0) is 25.3. The molecule has 0 radical (unpaired) electrons. The normalized spacial score (nSPS) is 11.7. The zero-order valence-electron chi connectivity index (χ0n) is 19.5. The number of alkyl halides is 3. The zero-order valence-corrected chi connectivity index (χ0v) is 19.5.